The largest absolute Gasteiger partial charge is 0.506 e. The predicted molar refractivity (Wildman–Crippen MR) is 105 cm³/mol. The molecule has 5 heteroatoms. The Balaban J connectivity index is 1.44. The molecule has 1 saturated heterocycles. The molecule has 1 aliphatic rings. The van der Waals surface area contributed by atoms with Gasteiger partial charge >= 0.3 is 6.03 Å². The second-order valence-corrected chi connectivity index (χ2v) is 6.84. The first kappa shape index (κ1) is 18.1. The quantitative estimate of drug-likeness (QED) is 0.868. The van der Waals surface area contributed by atoms with E-state index in [2.05, 4.69) is 29.3 Å². The Morgan fingerprint density at radius 3 is 2.38 bits per heavy atom. The Morgan fingerprint density at radius 2 is 1.69 bits per heavy atom. The third kappa shape index (κ3) is 4.69. The van der Waals surface area contributed by atoms with Crippen LogP contribution in [0.25, 0.3) is 0 Å². The minimum atomic E-state index is 0.00231. The topological polar surface area (TPSA) is 55.8 Å². The molecule has 5 nitrogen and oxygen atoms in total. The molecule has 2 aromatic carbocycles. The minimum Gasteiger partial charge on any atom is -0.506 e. The van der Waals surface area contributed by atoms with E-state index in [9.17, 15) is 9.90 Å². The molecule has 1 fully saturated rings. The van der Waals surface area contributed by atoms with Crippen LogP contribution in [0.2, 0.25) is 0 Å². The number of hydrogen-bond acceptors (Lipinski definition) is 3. The van der Waals surface area contributed by atoms with Crippen molar-refractivity contribution in [2.75, 3.05) is 31.1 Å². The van der Waals surface area contributed by atoms with Crippen LogP contribution >= 0.6 is 0 Å². The number of carbonyl (C=O) groups excluding carboxylic acids is 1. The van der Waals surface area contributed by atoms with Gasteiger partial charge in [-0.2, -0.15) is 0 Å². The van der Waals surface area contributed by atoms with Crippen molar-refractivity contribution in [1.82, 2.24) is 10.2 Å². The second kappa shape index (κ2) is 8.61. The summed E-state index contributed by atoms with van der Waals surface area (Å²) in [5.74, 6) is 0.292. The molecule has 26 heavy (non-hydrogen) atoms. The van der Waals surface area contributed by atoms with Gasteiger partial charge in [-0.3, -0.25) is 0 Å². The lowest BCUT2D eigenvalue weighted by atomic mass is 10.1. The lowest BCUT2D eigenvalue weighted by Crippen LogP contribution is -2.53. The highest BCUT2D eigenvalue weighted by Crippen LogP contribution is 2.27. The van der Waals surface area contributed by atoms with Crippen LogP contribution in [0.15, 0.2) is 54.6 Å². The maximum absolute atomic E-state index is 12.5. The number of phenols is 1. The van der Waals surface area contributed by atoms with Gasteiger partial charge in [-0.1, -0.05) is 42.5 Å². The molecule has 0 aliphatic carbocycles. The highest BCUT2D eigenvalue weighted by Gasteiger charge is 2.23. The van der Waals surface area contributed by atoms with Crippen molar-refractivity contribution < 1.29 is 9.90 Å². The van der Waals surface area contributed by atoms with Crippen molar-refractivity contribution >= 4 is 11.7 Å². The number of hydrogen-bond donors (Lipinski definition) is 2. The molecule has 3 rings (SSSR count). The zero-order valence-electron chi connectivity index (χ0n) is 15.3. The van der Waals surface area contributed by atoms with E-state index in [4.69, 9.17) is 0 Å². The first-order chi connectivity index (χ1) is 12.6. The number of aromatic hydroxyl groups is 1. The van der Waals surface area contributed by atoms with Gasteiger partial charge in [-0.15, -0.1) is 0 Å². The number of para-hydroxylation sites is 2. The van der Waals surface area contributed by atoms with Crippen LogP contribution < -0.4 is 10.2 Å². The molecular weight excluding hydrogens is 326 g/mol. The number of aryl methyl sites for hydroxylation is 1. The fourth-order valence-corrected chi connectivity index (χ4v) is 3.28. The number of anilines is 1. The average Bonchev–Trinajstić information content (AvgIpc) is 2.68. The Morgan fingerprint density at radius 1 is 1.04 bits per heavy atom. The van der Waals surface area contributed by atoms with E-state index in [0.717, 1.165) is 31.6 Å². The summed E-state index contributed by atoms with van der Waals surface area (Å²) in [6.45, 7) is 4.82. The molecule has 0 aromatic heterocycles. The van der Waals surface area contributed by atoms with Gasteiger partial charge in [0.1, 0.15) is 5.75 Å². The molecule has 2 N–H and O–H groups in total. The van der Waals surface area contributed by atoms with Crippen LogP contribution in [-0.4, -0.2) is 48.3 Å². The molecule has 1 aliphatic heterocycles. The van der Waals surface area contributed by atoms with Crippen molar-refractivity contribution in [1.29, 1.82) is 0 Å². The number of nitrogens with zero attached hydrogens (tertiary/aromatic N) is 2. The third-order valence-corrected chi connectivity index (χ3v) is 4.87. The maximum Gasteiger partial charge on any atom is 0.317 e. The smallest absolute Gasteiger partial charge is 0.317 e. The first-order valence-electron chi connectivity index (χ1n) is 9.26. The van der Waals surface area contributed by atoms with Gasteiger partial charge in [0, 0.05) is 32.2 Å². The highest BCUT2D eigenvalue weighted by molar-refractivity contribution is 5.75. The standard InChI is InChI=1S/C21H27N3O2/c1-17(11-12-18-7-3-2-4-8-18)22-21(26)24-15-13-23(14-16-24)19-9-5-6-10-20(19)25/h2-10,17,25H,11-16H2,1H3,(H,22,26). The van der Waals surface area contributed by atoms with Gasteiger partial charge in [-0.05, 0) is 37.5 Å². The average molecular weight is 353 g/mol. The van der Waals surface area contributed by atoms with E-state index >= 15 is 0 Å². The van der Waals surface area contributed by atoms with E-state index in [0.29, 0.717) is 18.8 Å². The summed E-state index contributed by atoms with van der Waals surface area (Å²) >= 11 is 0. The van der Waals surface area contributed by atoms with E-state index < -0.39 is 0 Å². The summed E-state index contributed by atoms with van der Waals surface area (Å²) in [4.78, 5) is 16.5. The number of rotatable bonds is 5. The summed E-state index contributed by atoms with van der Waals surface area (Å²) in [7, 11) is 0. The van der Waals surface area contributed by atoms with Crippen molar-refractivity contribution in [3.05, 3.63) is 60.2 Å². The Hall–Kier alpha value is -2.69. The molecule has 1 unspecified atom stereocenters. The number of urea groups is 1. The summed E-state index contributed by atoms with van der Waals surface area (Å²) in [5.41, 5.74) is 2.13. The van der Waals surface area contributed by atoms with Crippen LogP contribution in [-0.2, 0) is 6.42 Å². The molecule has 2 amide bonds. The molecule has 1 heterocycles. The van der Waals surface area contributed by atoms with Gasteiger partial charge < -0.3 is 20.2 Å². The predicted octanol–water partition coefficient (Wildman–Crippen LogP) is 3.25. The molecule has 0 spiro atoms. The van der Waals surface area contributed by atoms with Crippen LogP contribution in [0.3, 0.4) is 0 Å². The van der Waals surface area contributed by atoms with Gasteiger partial charge in [0.25, 0.3) is 0 Å². The van der Waals surface area contributed by atoms with E-state index in [1.807, 2.05) is 41.3 Å². The number of benzene rings is 2. The number of phenolic OH excluding ortho intramolecular Hbond substituents is 1. The maximum atomic E-state index is 12.5. The minimum absolute atomic E-state index is 0.00231. The zero-order chi connectivity index (χ0) is 18.4. The van der Waals surface area contributed by atoms with Crippen LogP contribution in [0.1, 0.15) is 18.9 Å². The summed E-state index contributed by atoms with van der Waals surface area (Å²) in [6.07, 6.45) is 1.89. The van der Waals surface area contributed by atoms with E-state index in [-0.39, 0.29) is 12.1 Å². The van der Waals surface area contributed by atoms with E-state index in [1.54, 1.807) is 6.07 Å². The Bertz CT molecular complexity index is 712. The normalized spacial score (nSPS) is 15.6. The van der Waals surface area contributed by atoms with Crippen molar-refractivity contribution in [2.45, 2.75) is 25.8 Å². The van der Waals surface area contributed by atoms with Gasteiger partial charge in [0.2, 0.25) is 0 Å². The van der Waals surface area contributed by atoms with Crippen molar-refractivity contribution in [2.24, 2.45) is 0 Å². The Labute approximate surface area is 155 Å². The second-order valence-electron chi connectivity index (χ2n) is 6.84. The molecule has 1 atom stereocenters. The number of carbonyl (C=O) groups is 1. The molecule has 0 bridgehead atoms. The molecule has 0 saturated carbocycles. The van der Waals surface area contributed by atoms with Crippen LogP contribution in [0.5, 0.6) is 5.75 Å². The highest BCUT2D eigenvalue weighted by atomic mass is 16.3. The molecular formula is C21H27N3O2. The molecule has 2 aromatic rings. The molecule has 138 valence electrons. The summed E-state index contributed by atoms with van der Waals surface area (Å²) in [5, 5.41) is 13.1. The first-order valence-corrected chi connectivity index (χ1v) is 9.26. The fraction of sp³-hybridized carbons (Fsp3) is 0.381. The zero-order valence-corrected chi connectivity index (χ0v) is 15.3. The SMILES string of the molecule is CC(CCc1ccccc1)NC(=O)N1CCN(c2ccccc2O)CC1. The van der Waals surface area contributed by atoms with Crippen LogP contribution in [0.4, 0.5) is 10.5 Å². The number of piperazine rings is 1. The molecule has 0 radical (unpaired) electrons. The lowest BCUT2D eigenvalue weighted by molar-refractivity contribution is 0.190. The lowest BCUT2D eigenvalue weighted by Gasteiger charge is -2.36. The van der Waals surface area contributed by atoms with Gasteiger partial charge in [0.15, 0.2) is 0 Å². The Kier molecular flexibility index (Phi) is 6.00. The summed E-state index contributed by atoms with van der Waals surface area (Å²) in [6, 6.07) is 17.8. The van der Waals surface area contributed by atoms with Crippen LogP contribution in [0, 0.1) is 0 Å². The monoisotopic (exact) mass is 353 g/mol. The summed E-state index contributed by atoms with van der Waals surface area (Å²) < 4.78 is 0. The van der Waals surface area contributed by atoms with Crippen molar-refractivity contribution in [3.63, 3.8) is 0 Å². The van der Waals surface area contributed by atoms with Gasteiger partial charge in [0.05, 0.1) is 5.69 Å². The third-order valence-electron chi connectivity index (χ3n) is 4.87. The van der Waals surface area contributed by atoms with E-state index in [1.165, 1.54) is 5.56 Å². The van der Waals surface area contributed by atoms with Crippen molar-refractivity contribution in [3.8, 4) is 5.75 Å². The fourth-order valence-electron chi connectivity index (χ4n) is 3.28. The van der Waals surface area contributed by atoms with Gasteiger partial charge in [-0.25, -0.2) is 4.79 Å². The number of amides is 2. The number of nitrogens with one attached hydrogen (secondary N) is 1.